The van der Waals surface area contributed by atoms with Crippen LogP contribution in [-0.2, 0) is 11.3 Å². The molecule has 1 aromatic heterocycles. The number of halogens is 2. The number of carbonyl (C=O) groups excluding carboxylic acids is 1. The van der Waals surface area contributed by atoms with E-state index in [1.807, 2.05) is 36.5 Å². The van der Waals surface area contributed by atoms with Crippen molar-refractivity contribution < 1.29 is 9.53 Å². The number of hydrogen-bond donors (Lipinski definition) is 0. The minimum atomic E-state index is -0.173. The zero-order chi connectivity index (χ0) is 18.5. The van der Waals surface area contributed by atoms with E-state index in [0.29, 0.717) is 22.3 Å². The Bertz CT molecular complexity index is 897. The first-order valence-corrected chi connectivity index (χ1v) is 8.69. The predicted octanol–water partition coefficient (Wildman–Crippen LogP) is 4.22. The molecule has 0 aliphatic carbocycles. The van der Waals surface area contributed by atoms with Gasteiger partial charge in [0, 0.05) is 36.4 Å². The van der Waals surface area contributed by atoms with Gasteiger partial charge in [-0.25, -0.2) is 4.68 Å². The molecule has 0 aliphatic rings. The van der Waals surface area contributed by atoms with E-state index in [0.717, 1.165) is 11.3 Å². The molecule has 3 rings (SSSR count). The van der Waals surface area contributed by atoms with Crippen molar-refractivity contribution >= 4 is 29.1 Å². The normalized spacial score (nSPS) is 10.6. The summed E-state index contributed by atoms with van der Waals surface area (Å²) in [5, 5.41) is 5.24. The molecular weight excluding hydrogens is 373 g/mol. The Hall–Kier alpha value is -2.50. The van der Waals surface area contributed by atoms with Crippen LogP contribution in [0.25, 0.3) is 5.69 Å². The van der Waals surface area contributed by atoms with Gasteiger partial charge in [-0.1, -0.05) is 41.4 Å². The molecule has 0 bridgehead atoms. The van der Waals surface area contributed by atoms with Gasteiger partial charge in [0.25, 0.3) is 5.91 Å². The minimum absolute atomic E-state index is 0.122. The van der Waals surface area contributed by atoms with Crippen molar-refractivity contribution in [3.63, 3.8) is 0 Å². The first kappa shape index (κ1) is 18.3. The van der Waals surface area contributed by atoms with E-state index in [4.69, 9.17) is 27.9 Å². The smallest absolute Gasteiger partial charge is 0.260 e. The lowest BCUT2D eigenvalue weighted by atomic mass is 10.3. The maximum atomic E-state index is 12.3. The quantitative estimate of drug-likeness (QED) is 0.633. The molecule has 0 N–H and O–H groups in total. The van der Waals surface area contributed by atoms with Gasteiger partial charge in [-0.15, -0.1) is 0 Å². The Kier molecular flexibility index (Phi) is 5.81. The van der Waals surface area contributed by atoms with Gasteiger partial charge < -0.3 is 9.64 Å². The summed E-state index contributed by atoms with van der Waals surface area (Å²) in [6.45, 7) is 0.307. The second-order valence-corrected chi connectivity index (χ2v) is 6.59. The summed E-state index contributed by atoms with van der Waals surface area (Å²) in [4.78, 5) is 13.9. The van der Waals surface area contributed by atoms with Gasteiger partial charge in [0.1, 0.15) is 5.75 Å². The van der Waals surface area contributed by atoms with Crippen molar-refractivity contribution in [1.82, 2.24) is 14.7 Å². The van der Waals surface area contributed by atoms with Crippen molar-refractivity contribution in [1.29, 1.82) is 0 Å². The highest BCUT2D eigenvalue weighted by atomic mass is 35.5. The van der Waals surface area contributed by atoms with Crippen molar-refractivity contribution in [3.05, 3.63) is 76.5 Å². The van der Waals surface area contributed by atoms with Gasteiger partial charge >= 0.3 is 0 Å². The van der Waals surface area contributed by atoms with Crippen molar-refractivity contribution in [3.8, 4) is 11.4 Å². The monoisotopic (exact) mass is 389 g/mol. The van der Waals surface area contributed by atoms with E-state index >= 15 is 0 Å². The number of hydrogen-bond acceptors (Lipinski definition) is 3. The van der Waals surface area contributed by atoms with Gasteiger partial charge in [0.2, 0.25) is 0 Å². The number of benzene rings is 2. The molecule has 0 saturated heterocycles. The zero-order valence-electron chi connectivity index (χ0n) is 14.1. The van der Waals surface area contributed by atoms with E-state index in [2.05, 4.69) is 5.10 Å². The van der Waals surface area contributed by atoms with Crippen LogP contribution in [0.2, 0.25) is 10.0 Å². The van der Waals surface area contributed by atoms with Crippen molar-refractivity contribution in [2.75, 3.05) is 13.7 Å². The average molecular weight is 390 g/mol. The number of amides is 1. The summed E-state index contributed by atoms with van der Waals surface area (Å²) >= 11 is 11.9. The number of para-hydroxylation sites is 1. The molecule has 0 saturated carbocycles. The van der Waals surface area contributed by atoms with Crippen molar-refractivity contribution in [2.45, 2.75) is 6.54 Å². The lowest BCUT2D eigenvalue weighted by Gasteiger charge is -2.17. The highest BCUT2D eigenvalue weighted by Crippen LogP contribution is 2.27. The third-order valence-electron chi connectivity index (χ3n) is 3.75. The molecule has 1 amide bonds. The van der Waals surface area contributed by atoms with Gasteiger partial charge in [0.05, 0.1) is 16.9 Å². The van der Waals surface area contributed by atoms with Gasteiger partial charge in [-0.2, -0.15) is 5.10 Å². The number of carbonyl (C=O) groups is 1. The van der Waals surface area contributed by atoms with Gasteiger partial charge in [0.15, 0.2) is 6.61 Å². The highest BCUT2D eigenvalue weighted by molar-refractivity contribution is 6.34. The van der Waals surface area contributed by atoms with Crippen LogP contribution >= 0.6 is 23.2 Å². The second kappa shape index (κ2) is 8.25. The fraction of sp³-hybridized carbons (Fsp3) is 0.158. The van der Waals surface area contributed by atoms with Gasteiger partial charge in [-0.3, -0.25) is 4.79 Å². The maximum Gasteiger partial charge on any atom is 0.260 e. The predicted molar refractivity (Wildman–Crippen MR) is 102 cm³/mol. The number of aromatic nitrogens is 2. The summed E-state index contributed by atoms with van der Waals surface area (Å²) in [5.41, 5.74) is 1.89. The lowest BCUT2D eigenvalue weighted by Crippen LogP contribution is -2.30. The summed E-state index contributed by atoms with van der Waals surface area (Å²) in [5.74, 6) is 0.214. The van der Waals surface area contributed by atoms with Crippen LogP contribution in [0.1, 0.15) is 5.56 Å². The van der Waals surface area contributed by atoms with Crippen LogP contribution in [-0.4, -0.2) is 34.2 Å². The minimum Gasteiger partial charge on any atom is -0.482 e. The summed E-state index contributed by atoms with van der Waals surface area (Å²) in [6.07, 6.45) is 3.64. The fourth-order valence-electron chi connectivity index (χ4n) is 2.36. The first-order chi connectivity index (χ1) is 12.5. The SMILES string of the molecule is CN(Cc1cnn(-c2ccccc2)c1)C(=O)COc1cc(Cl)ccc1Cl. The van der Waals surface area contributed by atoms with Crippen LogP contribution < -0.4 is 4.74 Å². The van der Waals surface area contributed by atoms with Gasteiger partial charge in [-0.05, 0) is 24.3 Å². The first-order valence-electron chi connectivity index (χ1n) is 7.94. The molecule has 7 heteroatoms. The largest absolute Gasteiger partial charge is 0.482 e. The summed E-state index contributed by atoms with van der Waals surface area (Å²) in [7, 11) is 1.71. The molecule has 134 valence electrons. The molecule has 1 heterocycles. The van der Waals surface area contributed by atoms with Crippen LogP contribution in [0.3, 0.4) is 0 Å². The Morgan fingerprint density at radius 3 is 2.73 bits per heavy atom. The topological polar surface area (TPSA) is 47.4 Å². The fourth-order valence-corrected chi connectivity index (χ4v) is 2.70. The molecule has 3 aromatic rings. The Morgan fingerprint density at radius 2 is 1.96 bits per heavy atom. The van der Waals surface area contributed by atoms with E-state index < -0.39 is 0 Å². The molecule has 2 aromatic carbocycles. The van der Waals surface area contributed by atoms with Crippen LogP contribution in [0.15, 0.2) is 60.9 Å². The van der Waals surface area contributed by atoms with Crippen LogP contribution in [0, 0.1) is 0 Å². The number of nitrogens with zero attached hydrogens (tertiary/aromatic N) is 3. The van der Waals surface area contributed by atoms with E-state index in [9.17, 15) is 4.79 Å². The number of likely N-dealkylation sites (N-methyl/N-ethyl adjacent to an activating group) is 1. The van der Waals surface area contributed by atoms with E-state index in [1.54, 1.807) is 41.0 Å². The van der Waals surface area contributed by atoms with E-state index in [1.165, 1.54) is 0 Å². The second-order valence-electron chi connectivity index (χ2n) is 5.74. The van der Waals surface area contributed by atoms with E-state index in [-0.39, 0.29) is 12.5 Å². The zero-order valence-corrected chi connectivity index (χ0v) is 15.6. The summed E-state index contributed by atoms with van der Waals surface area (Å²) in [6, 6.07) is 14.7. The molecule has 0 aliphatic heterocycles. The molecule has 0 atom stereocenters. The molecule has 0 fully saturated rings. The third kappa shape index (κ3) is 4.56. The average Bonchev–Trinajstić information content (AvgIpc) is 3.11. The van der Waals surface area contributed by atoms with Crippen molar-refractivity contribution in [2.24, 2.45) is 0 Å². The maximum absolute atomic E-state index is 12.3. The highest BCUT2D eigenvalue weighted by Gasteiger charge is 2.13. The molecule has 0 radical (unpaired) electrons. The number of ether oxygens (including phenoxy) is 1. The molecule has 0 spiro atoms. The van der Waals surface area contributed by atoms with Crippen LogP contribution in [0.4, 0.5) is 0 Å². The molecular formula is C19H17Cl2N3O2. The Morgan fingerprint density at radius 1 is 1.19 bits per heavy atom. The number of rotatable bonds is 6. The molecule has 0 unspecified atom stereocenters. The molecule has 26 heavy (non-hydrogen) atoms. The standard InChI is InChI=1S/C19H17Cl2N3O2/c1-23(19(25)13-26-18-9-15(20)7-8-17(18)21)11-14-10-22-24(12-14)16-5-3-2-4-6-16/h2-10,12H,11,13H2,1H3. The third-order valence-corrected chi connectivity index (χ3v) is 4.29. The summed E-state index contributed by atoms with van der Waals surface area (Å²) < 4.78 is 7.26. The Labute approximate surface area is 161 Å². The molecule has 5 nitrogen and oxygen atoms in total. The van der Waals surface area contributed by atoms with Crippen LogP contribution in [0.5, 0.6) is 5.75 Å². The lowest BCUT2D eigenvalue weighted by molar-refractivity contribution is -0.132. The Balaban J connectivity index is 1.58.